The zero-order valence-corrected chi connectivity index (χ0v) is 16.4. The number of amides is 2. The maximum absolute atomic E-state index is 12.7. The summed E-state index contributed by atoms with van der Waals surface area (Å²) in [6, 6.07) is 12.0. The van der Waals surface area contributed by atoms with Gasteiger partial charge in [0.25, 0.3) is 5.91 Å². The molecule has 5 nitrogen and oxygen atoms in total. The summed E-state index contributed by atoms with van der Waals surface area (Å²) >= 11 is 1.50. The predicted octanol–water partition coefficient (Wildman–Crippen LogP) is 4.24. The highest BCUT2D eigenvalue weighted by Gasteiger charge is 2.44. The minimum Gasteiger partial charge on any atom is -0.439 e. The lowest BCUT2D eigenvalue weighted by molar-refractivity contribution is 0.0644. The smallest absolute Gasteiger partial charge is 0.411 e. The van der Waals surface area contributed by atoms with Crippen LogP contribution in [0.3, 0.4) is 0 Å². The molecule has 27 heavy (non-hydrogen) atoms. The SMILES string of the molecule is Cc1ccsc1C(=O)N1CCC(N2C(=O)OC(c3ccccc3)C2C)CC1. The molecule has 0 spiro atoms. The summed E-state index contributed by atoms with van der Waals surface area (Å²) in [5.74, 6) is 0.111. The fourth-order valence-corrected chi connectivity index (χ4v) is 5.03. The van der Waals surface area contributed by atoms with E-state index in [1.807, 2.05) is 58.5 Å². The number of nitrogens with zero attached hydrogens (tertiary/aromatic N) is 2. The van der Waals surface area contributed by atoms with Gasteiger partial charge in [-0.25, -0.2) is 4.79 Å². The summed E-state index contributed by atoms with van der Waals surface area (Å²) in [5.41, 5.74) is 2.07. The quantitative estimate of drug-likeness (QED) is 0.795. The average molecular weight is 385 g/mol. The molecule has 2 fully saturated rings. The van der Waals surface area contributed by atoms with Crippen molar-refractivity contribution in [3.8, 4) is 0 Å². The van der Waals surface area contributed by atoms with Gasteiger partial charge in [0.2, 0.25) is 0 Å². The molecule has 2 aliphatic heterocycles. The van der Waals surface area contributed by atoms with E-state index in [4.69, 9.17) is 4.74 Å². The fraction of sp³-hybridized carbons (Fsp3) is 0.429. The molecule has 2 unspecified atom stereocenters. The second kappa shape index (κ2) is 7.35. The first kappa shape index (κ1) is 18.0. The predicted molar refractivity (Wildman–Crippen MR) is 105 cm³/mol. The van der Waals surface area contributed by atoms with E-state index in [1.54, 1.807) is 0 Å². The lowest BCUT2D eigenvalue weighted by atomic mass is 9.98. The Bertz CT molecular complexity index is 827. The number of aryl methyl sites for hydroxylation is 1. The molecule has 1 aromatic carbocycles. The van der Waals surface area contributed by atoms with Crippen LogP contribution in [0, 0.1) is 6.92 Å². The summed E-state index contributed by atoms with van der Waals surface area (Å²) in [7, 11) is 0. The van der Waals surface area contributed by atoms with E-state index in [-0.39, 0.29) is 30.2 Å². The van der Waals surface area contributed by atoms with Gasteiger partial charge in [0.05, 0.1) is 10.9 Å². The Morgan fingerprint density at radius 3 is 2.48 bits per heavy atom. The normalized spacial score (nSPS) is 23.6. The molecule has 0 radical (unpaired) electrons. The second-order valence-corrected chi connectivity index (χ2v) is 8.24. The number of rotatable bonds is 3. The number of carbonyl (C=O) groups excluding carboxylic acids is 2. The Morgan fingerprint density at radius 1 is 1.15 bits per heavy atom. The summed E-state index contributed by atoms with van der Waals surface area (Å²) < 4.78 is 5.68. The van der Waals surface area contributed by atoms with Gasteiger partial charge >= 0.3 is 6.09 Å². The third-order valence-electron chi connectivity index (χ3n) is 5.65. The number of benzene rings is 1. The van der Waals surface area contributed by atoms with Crippen LogP contribution in [0.1, 0.15) is 46.7 Å². The number of thiophene rings is 1. The van der Waals surface area contributed by atoms with Crippen molar-refractivity contribution in [1.29, 1.82) is 0 Å². The maximum Gasteiger partial charge on any atom is 0.411 e. The molecule has 0 N–H and O–H groups in total. The highest BCUT2D eigenvalue weighted by molar-refractivity contribution is 7.12. The van der Waals surface area contributed by atoms with E-state index in [0.29, 0.717) is 13.1 Å². The number of likely N-dealkylation sites (tertiary alicyclic amines) is 1. The summed E-state index contributed by atoms with van der Waals surface area (Å²) in [6.07, 6.45) is 1.11. The Labute approximate surface area is 163 Å². The Kier molecular flexibility index (Phi) is 4.91. The second-order valence-electron chi connectivity index (χ2n) is 7.32. The van der Waals surface area contributed by atoms with Crippen molar-refractivity contribution in [2.75, 3.05) is 13.1 Å². The molecule has 0 aliphatic carbocycles. The monoisotopic (exact) mass is 384 g/mol. The number of hydrogen-bond donors (Lipinski definition) is 0. The molecule has 6 heteroatoms. The van der Waals surface area contributed by atoms with E-state index in [0.717, 1.165) is 28.8 Å². The molecular formula is C21H24N2O3S. The van der Waals surface area contributed by atoms with Crippen LogP contribution in [0.15, 0.2) is 41.8 Å². The Balaban J connectivity index is 1.41. The van der Waals surface area contributed by atoms with Gasteiger partial charge in [-0.2, -0.15) is 0 Å². The number of ether oxygens (including phenoxy) is 1. The van der Waals surface area contributed by atoms with Crippen LogP contribution in [0.5, 0.6) is 0 Å². The third-order valence-corrected chi connectivity index (χ3v) is 6.65. The first-order chi connectivity index (χ1) is 13.1. The van der Waals surface area contributed by atoms with Crippen molar-refractivity contribution in [2.45, 2.75) is 44.9 Å². The minimum atomic E-state index is -0.241. The lowest BCUT2D eigenvalue weighted by Gasteiger charge is -2.37. The van der Waals surface area contributed by atoms with Crippen LogP contribution < -0.4 is 0 Å². The lowest BCUT2D eigenvalue weighted by Crippen LogP contribution is -2.49. The largest absolute Gasteiger partial charge is 0.439 e. The van der Waals surface area contributed by atoms with Gasteiger partial charge in [-0.1, -0.05) is 30.3 Å². The van der Waals surface area contributed by atoms with Gasteiger partial charge in [-0.05, 0) is 49.3 Å². The van der Waals surface area contributed by atoms with Gasteiger partial charge < -0.3 is 9.64 Å². The van der Waals surface area contributed by atoms with Crippen LogP contribution in [0.25, 0.3) is 0 Å². The minimum absolute atomic E-state index is 0.00769. The van der Waals surface area contributed by atoms with Crippen LogP contribution in [0.4, 0.5) is 4.79 Å². The van der Waals surface area contributed by atoms with Crippen LogP contribution in [0.2, 0.25) is 0 Å². The summed E-state index contributed by atoms with van der Waals surface area (Å²) in [5, 5.41) is 1.96. The Morgan fingerprint density at radius 2 is 1.85 bits per heavy atom. The van der Waals surface area contributed by atoms with Crippen LogP contribution in [-0.4, -0.2) is 47.0 Å². The van der Waals surface area contributed by atoms with Gasteiger partial charge in [0, 0.05) is 19.1 Å². The standard InChI is InChI=1S/C21H24N2O3S/c1-14-10-13-27-19(14)20(24)22-11-8-17(9-12-22)23-15(2)18(26-21(23)25)16-6-4-3-5-7-16/h3-7,10,13,15,17-18H,8-9,11-12H2,1-2H3. The summed E-state index contributed by atoms with van der Waals surface area (Å²) in [4.78, 5) is 29.9. The molecule has 2 atom stereocenters. The van der Waals surface area contributed by atoms with Crippen LogP contribution >= 0.6 is 11.3 Å². The highest BCUT2D eigenvalue weighted by Crippen LogP contribution is 2.36. The zero-order valence-electron chi connectivity index (χ0n) is 15.6. The van der Waals surface area contributed by atoms with Crippen LogP contribution in [-0.2, 0) is 4.74 Å². The number of piperidine rings is 1. The fourth-order valence-electron chi connectivity index (χ4n) is 4.13. The molecule has 0 bridgehead atoms. The van der Waals surface area contributed by atoms with E-state index in [9.17, 15) is 9.59 Å². The van der Waals surface area contributed by atoms with Crippen molar-refractivity contribution in [3.05, 3.63) is 57.8 Å². The number of carbonyl (C=O) groups is 2. The zero-order chi connectivity index (χ0) is 19.0. The molecule has 2 aliphatic rings. The highest BCUT2D eigenvalue weighted by atomic mass is 32.1. The molecular weight excluding hydrogens is 360 g/mol. The van der Waals surface area contributed by atoms with Gasteiger partial charge in [0.15, 0.2) is 0 Å². The van der Waals surface area contributed by atoms with Gasteiger partial charge in [0.1, 0.15) is 6.10 Å². The van der Waals surface area contributed by atoms with Gasteiger partial charge in [-0.15, -0.1) is 11.3 Å². The van der Waals surface area contributed by atoms with Crippen molar-refractivity contribution in [3.63, 3.8) is 0 Å². The number of cyclic esters (lactones) is 1. The molecule has 2 aromatic rings. The third kappa shape index (κ3) is 3.34. The van der Waals surface area contributed by atoms with E-state index in [2.05, 4.69) is 6.92 Å². The molecule has 142 valence electrons. The van der Waals surface area contributed by atoms with E-state index < -0.39 is 0 Å². The van der Waals surface area contributed by atoms with Crippen molar-refractivity contribution in [1.82, 2.24) is 9.80 Å². The molecule has 2 amide bonds. The first-order valence-electron chi connectivity index (χ1n) is 9.43. The van der Waals surface area contributed by atoms with E-state index >= 15 is 0 Å². The first-order valence-corrected chi connectivity index (χ1v) is 10.3. The molecule has 2 saturated heterocycles. The maximum atomic E-state index is 12.7. The van der Waals surface area contributed by atoms with Crippen molar-refractivity contribution < 1.29 is 14.3 Å². The molecule has 0 saturated carbocycles. The average Bonchev–Trinajstić information content (AvgIpc) is 3.25. The van der Waals surface area contributed by atoms with E-state index in [1.165, 1.54) is 11.3 Å². The van der Waals surface area contributed by atoms with Crippen molar-refractivity contribution >= 4 is 23.3 Å². The molecule has 4 rings (SSSR count). The number of hydrogen-bond acceptors (Lipinski definition) is 4. The topological polar surface area (TPSA) is 49.9 Å². The Hall–Kier alpha value is -2.34. The molecule has 3 heterocycles. The van der Waals surface area contributed by atoms with Crippen molar-refractivity contribution in [2.24, 2.45) is 0 Å². The van der Waals surface area contributed by atoms with Gasteiger partial charge in [-0.3, -0.25) is 9.69 Å². The molecule has 1 aromatic heterocycles. The summed E-state index contributed by atoms with van der Waals surface area (Å²) in [6.45, 7) is 5.37.